The van der Waals surface area contributed by atoms with Gasteiger partial charge in [0.15, 0.2) is 11.5 Å². The Morgan fingerprint density at radius 1 is 0.967 bits per heavy atom. The zero-order chi connectivity index (χ0) is 22.3. The lowest BCUT2D eigenvalue weighted by molar-refractivity contribution is -0.385. The van der Waals surface area contributed by atoms with Gasteiger partial charge in [0.25, 0.3) is 17.5 Å². The Morgan fingerprint density at radius 3 is 1.97 bits per heavy atom. The topological polar surface area (TPSA) is 129 Å². The maximum atomic E-state index is 12.6. The lowest BCUT2D eigenvalue weighted by Gasteiger charge is -2.17. The molecular weight excluding hydrogens is 414 g/mol. The van der Waals surface area contributed by atoms with Gasteiger partial charge >= 0.3 is 0 Å². The molecule has 0 bridgehead atoms. The van der Waals surface area contributed by atoms with Crippen LogP contribution < -0.4 is 25.1 Å². The van der Waals surface area contributed by atoms with Gasteiger partial charge in [-0.05, 0) is 39.8 Å². The van der Waals surface area contributed by atoms with Crippen LogP contribution in [0.25, 0.3) is 0 Å². The lowest BCUT2D eigenvalue weighted by Crippen LogP contribution is -2.41. The molecule has 0 aliphatic heterocycles. The van der Waals surface area contributed by atoms with Crippen molar-refractivity contribution in [2.45, 2.75) is 27.7 Å². The van der Waals surface area contributed by atoms with Gasteiger partial charge in [0.1, 0.15) is 4.88 Å². The summed E-state index contributed by atoms with van der Waals surface area (Å²) < 4.78 is 16.7. The summed E-state index contributed by atoms with van der Waals surface area (Å²) in [5.74, 6) is -0.206. The van der Waals surface area contributed by atoms with Crippen molar-refractivity contribution in [3.63, 3.8) is 0 Å². The van der Waals surface area contributed by atoms with Crippen LogP contribution in [-0.4, -0.2) is 36.6 Å². The Labute approximate surface area is 177 Å². The van der Waals surface area contributed by atoms with Gasteiger partial charge in [0, 0.05) is 11.6 Å². The second-order valence-electron chi connectivity index (χ2n) is 5.82. The van der Waals surface area contributed by atoms with Gasteiger partial charge in [-0.25, -0.2) is 0 Å². The molecule has 1 aromatic carbocycles. The third-order valence-electron chi connectivity index (χ3n) is 3.77. The largest absolute Gasteiger partial charge is 0.490 e. The molecule has 30 heavy (non-hydrogen) atoms. The number of ether oxygens (including phenoxy) is 3. The van der Waals surface area contributed by atoms with Crippen LogP contribution >= 0.6 is 11.3 Å². The zero-order valence-electron chi connectivity index (χ0n) is 17.1. The quantitative estimate of drug-likeness (QED) is 0.455. The van der Waals surface area contributed by atoms with Gasteiger partial charge in [-0.15, -0.1) is 11.3 Å². The van der Waals surface area contributed by atoms with Crippen molar-refractivity contribution >= 4 is 28.8 Å². The van der Waals surface area contributed by atoms with Crippen LogP contribution in [-0.2, 0) is 0 Å². The first kappa shape index (κ1) is 22.9. The molecule has 2 aromatic rings. The van der Waals surface area contributed by atoms with E-state index < -0.39 is 16.7 Å². The molecule has 0 atom stereocenters. The summed E-state index contributed by atoms with van der Waals surface area (Å²) in [5, 5.41) is 10.9. The summed E-state index contributed by atoms with van der Waals surface area (Å²) in [4.78, 5) is 35.7. The number of thiophene rings is 1. The number of aryl methyl sites for hydroxylation is 1. The molecule has 162 valence electrons. The van der Waals surface area contributed by atoms with E-state index in [2.05, 4.69) is 10.9 Å². The SMILES string of the molecule is CCOc1cc(C(=O)NNC(=O)c2cc([N+](=O)[O-])c(C)s2)cc(OCC)c1OCC. The molecule has 0 saturated carbocycles. The van der Waals surface area contributed by atoms with E-state index in [0.717, 1.165) is 11.3 Å². The van der Waals surface area contributed by atoms with E-state index in [-0.39, 0.29) is 16.1 Å². The fourth-order valence-electron chi connectivity index (χ4n) is 2.53. The summed E-state index contributed by atoms with van der Waals surface area (Å²) in [7, 11) is 0. The second kappa shape index (κ2) is 10.4. The fourth-order valence-corrected chi connectivity index (χ4v) is 3.41. The molecule has 0 saturated heterocycles. The number of carbonyl (C=O) groups is 2. The highest BCUT2D eigenvalue weighted by molar-refractivity contribution is 7.14. The predicted octanol–water partition coefficient (Wildman–Crippen LogP) is 3.24. The first-order chi connectivity index (χ1) is 14.3. The minimum atomic E-state index is -0.662. The van der Waals surface area contributed by atoms with Crippen molar-refractivity contribution in [2.24, 2.45) is 0 Å². The molecule has 10 nitrogen and oxygen atoms in total. The number of carbonyl (C=O) groups excluding carboxylic acids is 2. The first-order valence-corrected chi connectivity index (χ1v) is 10.1. The van der Waals surface area contributed by atoms with E-state index in [9.17, 15) is 19.7 Å². The average Bonchev–Trinajstić information content (AvgIpc) is 3.10. The highest BCUT2D eigenvalue weighted by Crippen LogP contribution is 2.39. The van der Waals surface area contributed by atoms with Crippen LogP contribution in [0.1, 0.15) is 45.7 Å². The van der Waals surface area contributed by atoms with E-state index >= 15 is 0 Å². The van der Waals surface area contributed by atoms with Crippen LogP contribution in [0.2, 0.25) is 0 Å². The number of nitro groups is 1. The summed E-state index contributed by atoms with van der Waals surface area (Å²) >= 11 is 0.962. The molecule has 0 radical (unpaired) electrons. The van der Waals surface area contributed by atoms with E-state index in [1.54, 1.807) is 20.8 Å². The highest BCUT2D eigenvalue weighted by atomic mass is 32.1. The molecule has 1 heterocycles. The smallest absolute Gasteiger partial charge is 0.283 e. The molecule has 2 N–H and O–H groups in total. The van der Waals surface area contributed by atoms with Crippen molar-refractivity contribution < 1.29 is 28.7 Å². The number of hydrogen-bond donors (Lipinski definition) is 2. The fraction of sp³-hybridized carbons (Fsp3) is 0.368. The summed E-state index contributed by atoms with van der Waals surface area (Å²) in [6, 6.07) is 4.13. The van der Waals surface area contributed by atoms with Crippen LogP contribution in [0.3, 0.4) is 0 Å². The maximum Gasteiger partial charge on any atom is 0.283 e. The Bertz CT molecular complexity index is 915. The normalized spacial score (nSPS) is 10.3. The molecule has 0 spiro atoms. The van der Waals surface area contributed by atoms with E-state index in [4.69, 9.17) is 14.2 Å². The van der Waals surface area contributed by atoms with Crippen LogP contribution in [0.4, 0.5) is 5.69 Å². The number of benzene rings is 1. The lowest BCUT2D eigenvalue weighted by atomic mass is 10.1. The monoisotopic (exact) mass is 437 g/mol. The standard InChI is InChI=1S/C19H23N3O7S/c1-5-27-14-8-12(9-15(28-6-2)17(14)29-7-3)18(23)20-21-19(24)16-10-13(22(25)26)11(4)30-16/h8-10H,5-7H2,1-4H3,(H,20,23)(H,21,24). The third kappa shape index (κ3) is 5.38. The summed E-state index contributed by atoms with van der Waals surface area (Å²) in [6.07, 6.45) is 0. The third-order valence-corrected chi connectivity index (χ3v) is 4.81. The van der Waals surface area contributed by atoms with Crippen LogP contribution in [0.15, 0.2) is 18.2 Å². The van der Waals surface area contributed by atoms with Crippen molar-refractivity contribution in [3.8, 4) is 17.2 Å². The minimum absolute atomic E-state index is 0.108. The van der Waals surface area contributed by atoms with Crippen LogP contribution in [0.5, 0.6) is 17.2 Å². The highest BCUT2D eigenvalue weighted by Gasteiger charge is 2.21. The number of rotatable bonds is 9. The van der Waals surface area contributed by atoms with E-state index in [1.165, 1.54) is 18.2 Å². The first-order valence-electron chi connectivity index (χ1n) is 9.24. The average molecular weight is 437 g/mol. The number of nitrogens with one attached hydrogen (secondary N) is 2. The van der Waals surface area contributed by atoms with Crippen LogP contribution in [0, 0.1) is 17.0 Å². The second-order valence-corrected chi connectivity index (χ2v) is 7.07. The Kier molecular flexibility index (Phi) is 7.98. The molecule has 0 aliphatic carbocycles. The molecule has 0 fully saturated rings. The molecular formula is C19H23N3O7S. The molecule has 2 amide bonds. The molecule has 2 rings (SSSR count). The van der Waals surface area contributed by atoms with Gasteiger partial charge in [-0.1, -0.05) is 0 Å². The maximum absolute atomic E-state index is 12.6. The predicted molar refractivity (Wildman–Crippen MR) is 111 cm³/mol. The Hall–Kier alpha value is -3.34. The Balaban J connectivity index is 2.20. The van der Waals surface area contributed by atoms with Crippen molar-refractivity contribution in [3.05, 3.63) is 43.6 Å². The number of hydrazine groups is 1. The van der Waals surface area contributed by atoms with Gasteiger partial charge < -0.3 is 14.2 Å². The van der Waals surface area contributed by atoms with Gasteiger partial charge in [-0.2, -0.15) is 0 Å². The van der Waals surface area contributed by atoms with Crippen molar-refractivity contribution in [2.75, 3.05) is 19.8 Å². The van der Waals surface area contributed by atoms with E-state index in [1.807, 2.05) is 6.92 Å². The van der Waals surface area contributed by atoms with Crippen molar-refractivity contribution in [1.29, 1.82) is 0 Å². The van der Waals surface area contributed by atoms with Gasteiger partial charge in [0.05, 0.1) is 29.6 Å². The van der Waals surface area contributed by atoms with E-state index in [0.29, 0.717) is 41.9 Å². The molecule has 11 heteroatoms. The van der Waals surface area contributed by atoms with Gasteiger partial charge in [0.2, 0.25) is 5.75 Å². The number of nitrogens with zero attached hydrogens (tertiary/aromatic N) is 1. The Morgan fingerprint density at radius 2 is 1.50 bits per heavy atom. The number of amides is 2. The molecule has 1 aromatic heterocycles. The summed E-state index contributed by atoms with van der Waals surface area (Å²) in [6.45, 7) is 8.04. The number of hydrogen-bond acceptors (Lipinski definition) is 8. The summed E-state index contributed by atoms with van der Waals surface area (Å²) in [5.41, 5.74) is 4.58. The van der Waals surface area contributed by atoms with Crippen molar-refractivity contribution in [1.82, 2.24) is 10.9 Å². The molecule has 0 unspecified atom stereocenters. The molecule has 0 aliphatic rings. The van der Waals surface area contributed by atoms with Gasteiger partial charge in [-0.3, -0.25) is 30.6 Å². The minimum Gasteiger partial charge on any atom is -0.490 e. The zero-order valence-corrected chi connectivity index (χ0v) is 17.9.